The lowest BCUT2D eigenvalue weighted by Crippen LogP contribution is -2.31. The lowest BCUT2D eigenvalue weighted by atomic mass is 10.1. The van der Waals surface area contributed by atoms with E-state index in [0.29, 0.717) is 5.82 Å². The maximum atomic E-state index is 11.9. The highest BCUT2D eigenvalue weighted by Gasteiger charge is 2.31. The summed E-state index contributed by atoms with van der Waals surface area (Å²) in [6.45, 7) is 7.70. The van der Waals surface area contributed by atoms with Gasteiger partial charge in [0.15, 0.2) is 5.92 Å². The second kappa shape index (κ2) is 7.62. The van der Waals surface area contributed by atoms with Crippen molar-refractivity contribution >= 4 is 11.9 Å². The van der Waals surface area contributed by atoms with Crippen LogP contribution < -0.4 is 0 Å². The number of esters is 2. The first-order valence-electron chi connectivity index (χ1n) is 6.72. The number of hydrogen-bond donors (Lipinski definition) is 0. The van der Waals surface area contributed by atoms with Crippen molar-refractivity contribution in [3.8, 4) is 0 Å². The van der Waals surface area contributed by atoms with Crippen LogP contribution >= 0.6 is 0 Å². The number of hydrogen-bond acceptors (Lipinski definition) is 6. The third kappa shape index (κ3) is 4.04. The molecule has 0 bridgehead atoms. The first kappa shape index (κ1) is 16.1. The van der Waals surface area contributed by atoms with E-state index in [1.165, 1.54) is 6.33 Å². The monoisotopic (exact) mass is 283 g/mol. The van der Waals surface area contributed by atoms with Gasteiger partial charge in [0.25, 0.3) is 0 Å². The zero-order valence-corrected chi connectivity index (χ0v) is 12.3. The van der Waals surface area contributed by atoms with E-state index in [1.54, 1.807) is 18.5 Å². The van der Waals surface area contributed by atoms with Gasteiger partial charge in [0, 0.05) is 12.5 Å². The van der Waals surface area contributed by atoms with Crippen LogP contribution in [0.1, 0.15) is 39.6 Å². The maximum Gasteiger partial charge on any atom is 0.320 e. The van der Waals surface area contributed by atoms with Crippen molar-refractivity contribution in [2.45, 2.75) is 40.2 Å². The van der Waals surface area contributed by atoms with Crippen molar-refractivity contribution in [3.05, 3.63) is 12.2 Å². The number of carbonyl (C=O) groups is 2. The van der Waals surface area contributed by atoms with Crippen LogP contribution in [0.4, 0.5) is 0 Å². The van der Waals surface area contributed by atoms with Crippen molar-refractivity contribution in [1.29, 1.82) is 0 Å². The molecule has 1 heterocycles. The number of nitrogens with zero attached hydrogens (tertiary/aromatic N) is 3. The Morgan fingerprint density at radius 3 is 2.20 bits per heavy atom. The summed E-state index contributed by atoms with van der Waals surface area (Å²) < 4.78 is 11.5. The van der Waals surface area contributed by atoms with Gasteiger partial charge in [-0.2, -0.15) is 5.10 Å². The van der Waals surface area contributed by atoms with Crippen LogP contribution in [0.15, 0.2) is 6.33 Å². The lowest BCUT2D eigenvalue weighted by molar-refractivity contribution is -0.161. The number of ether oxygens (including phenoxy) is 2. The molecule has 0 aromatic carbocycles. The average molecular weight is 283 g/mol. The Kier molecular flexibility index (Phi) is 6.14. The van der Waals surface area contributed by atoms with Crippen LogP contribution in [-0.4, -0.2) is 39.9 Å². The third-order valence-electron chi connectivity index (χ3n) is 2.67. The van der Waals surface area contributed by atoms with Crippen LogP contribution in [0.25, 0.3) is 0 Å². The van der Waals surface area contributed by atoms with Crippen molar-refractivity contribution in [2.24, 2.45) is 5.92 Å². The highest BCUT2D eigenvalue weighted by Crippen LogP contribution is 2.14. The summed E-state index contributed by atoms with van der Waals surface area (Å²) in [5.41, 5.74) is 0. The van der Waals surface area contributed by atoms with Gasteiger partial charge >= 0.3 is 11.9 Å². The van der Waals surface area contributed by atoms with Crippen LogP contribution in [0.5, 0.6) is 0 Å². The molecular weight excluding hydrogens is 262 g/mol. The van der Waals surface area contributed by atoms with E-state index in [4.69, 9.17) is 9.47 Å². The molecule has 0 aliphatic carbocycles. The minimum Gasteiger partial charge on any atom is -0.465 e. The minimum atomic E-state index is -1.00. The van der Waals surface area contributed by atoms with E-state index in [0.717, 1.165) is 0 Å². The minimum absolute atomic E-state index is 0.0949. The fourth-order valence-corrected chi connectivity index (χ4v) is 1.78. The Balaban J connectivity index is 2.91. The van der Waals surface area contributed by atoms with Gasteiger partial charge in [-0.1, -0.05) is 0 Å². The molecule has 0 radical (unpaired) electrons. The molecule has 1 aromatic rings. The summed E-state index contributed by atoms with van der Waals surface area (Å²) in [6, 6.07) is 0.0949. The van der Waals surface area contributed by atoms with Crippen LogP contribution in [0, 0.1) is 5.92 Å². The molecule has 7 heteroatoms. The molecule has 0 saturated carbocycles. The Morgan fingerprint density at radius 2 is 1.75 bits per heavy atom. The standard InChI is InChI=1S/C13H21N3O4/c1-5-19-12(17)10(13(18)20-6-2)7-11-14-8-15-16(11)9(3)4/h8-10H,5-7H2,1-4H3. The summed E-state index contributed by atoms with van der Waals surface area (Å²) in [4.78, 5) is 27.9. The smallest absolute Gasteiger partial charge is 0.320 e. The molecule has 0 fully saturated rings. The highest BCUT2D eigenvalue weighted by molar-refractivity contribution is 5.95. The van der Waals surface area contributed by atoms with Crippen molar-refractivity contribution in [2.75, 3.05) is 13.2 Å². The van der Waals surface area contributed by atoms with Gasteiger partial charge in [-0.05, 0) is 27.7 Å². The van der Waals surface area contributed by atoms with Crippen molar-refractivity contribution < 1.29 is 19.1 Å². The molecule has 0 saturated heterocycles. The van der Waals surface area contributed by atoms with E-state index in [2.05, 4.69) is 10.1 Å². The molecule has 0 N–H and O–H groups in total. The van der Waals surface area contributed by atoms with E-state index >= 15 is 0 Å². The molecular formula is C13H21N3O4. The fraction of sp³-hybridized carbons (Fsp3) is 0.692. The SMILES string of the molecule is CCOC(=O)C(Cc1ncnn1C(C)C)C(=O)OCC. The molecule has 112 valence electrons. The molecule has 20 heavy (non-hydrogen) atoms. The summed E-state index contributed by atoms with van der Waals surface area (Å²) in [5, 5.41) is 4.08. The summed E-state index contributed by atoms with van der Waals surface area (Å²) in [5.74, 6) is -1.63. The van der Waals surface area contributed by atoms with Gasteiger partial charge < -0.3 is 9.47 Å². The fourth-order valence-electron chi connectivity index (χ4n) is 1.78. The van der Waals surface area contributed by atoms with Crippen molar-refractivity contribution in [1.82, 2.24) is 14.8 Å². The second-order valence-electron chi connectivity index (χ2n) is 4.48. The van der Waals surface area contributed by atoms with Gasteiger partial charge in [-0.3, -0.25) is 9.59 Å². The number of carbonyl (C=O) groups excluding carboxylic acids is 2. The van der Waals surface area contributed by atoms with Crippen LogP contribution in [0.2, 0.25) is 0 Å². The molecule has 0 atom stereocenters. The zero-order chi connectivity index (χ0) is 15.1. The normalized spacial score (nSPS) is 10.9. The summed E-state index contributed by atoms with van der Waals surface area (Å²) in [6.07, 6.45) is 1.53. The van der Waals surface area contributed by atoms with Gasteiger partial charge in [0.2, 0.25) is 0 Å². The topological polar surface area (TPSA) is 83.3 Å². The van der Waals surface area contributed by atoms with Crippen LogP contribution in [-0.2, 0) is 25.5 Å². The first-order chi connectivity index (χ1) is 9.51. The predicted molar refractivity (Wildman–Crippen MR) is 70.9 cm³/mol. The van der Waals surface area contributed by atoms with Gasteiger partial charge in [-0.25, -0.2) is 9.67 Å². The van der Waals surface area contributed by atoms with Crippen molar-refractivity contribution in [3.63, 3.8) is 0 Å². The molecule has 7 nitrogen and oxygen atoms in total. The highest BCUT2D eigenvalue weighted by atomic mass is 16.6. The Morgan fingerprint density at radius 1 is 1.20 bits per heavy atom. The molecule has 0 unspecified atom stereocenters. The lowest BCUT2D eigenvalue weighted by Gasteiger charge is -2.15. The van der Waals surface area contributed by atoms with Crippen LogP contribution in [0.3, 0.4) is 0 Å². The molecule has 0 spiro atoms. The van der Waals surface area contributed by atoms with E-state index in [-0.39, 0.29) is 25.7 Å². The molecule has 0 aliphatic heterocycles. The first-order valence-corrected chi connectivity index (χ1v) is 6.72. The molecule has 1 aromatic heterocycles. The Bertz CT molecular complexity index is 438. The number of rotatable bonds is 7. The van der Waals surface area contributed by atoms with E-state index in [9.17, 15) is 9.59 Å². The predicted octanol–water partition coefficient (Wildman–Crippen LogP) is 1.14. The number of aromatic nitrogens is 3. The van der Waals surface area contributed by atoms with Gasteiger partial charge in [0.05, 0.1) is 13.2 Å². The molecule has 1 rings (SSSR count). The zero-order valence-electron chi connectivity index (χ0n) is 12.3. The Hall–Kier alpha value is -1.92. The van der Waals surface area contributed by atoms with E-state index in [1.807, 2.05) is 13.8 Å². The molecule has 0 amide bonds. The second-order valence-corrected chi connectivity index (χ2v) is 4.48. The quantitative estimate of drug-likeness (QED) is 0.551. The van der Waals surface area contributed by atoms with Gasteiger partial charge in [-0.15, -0.1) is 0 Å². The van der Waals surface area contributed by atoms with E-state index < -0.39 is 17.9 Å². The average Bonchev–Trinajstić information content (AvgIpc) is 2.84. The third-order valence-corrected chi connectivity index (χ3v) is 2.67. The summed E-state index contributed by atoms with van der Waals surface area (Å²) in [7, 11) is 0. The molecule has 0 aliphatic rings. The summed E-state index contributed by atoms with van der Waals surface area (Å²) >= 11 is 0. The maximum absolute atomic E-state index is 11.9. The Labute approximate surface area is 118 Å². The largest absolute Gasteiger partial charge is 0.465 e. The van der Waals surface area contributed by atoms with Gasteiger partial charge in [0.1, 0.15) is 12.2 Å².